The molecule has 4 heteroatoms. The first-order valence-corrected chi connectivity index (χ1v) is 7.78. The van der Waals surface area contributed by atoms with Crippen LogP contribution in [0.2, 0.25) is 0 Å². The monoisotopic (exact) mass is 288 g/mol. The number of hydrogen-bond acceptors (Lipinski definition) is 3. The molecule has 0 amide bonds. The first-order chi connectivity index (χ1) is 8.79. The minimum absolute atomic E-state index is 0.00813. The summed E-state index contributed by atoms with van der Waals surface area (Å²) < 4.78 is 5.42. The van der Waals surface area contributed by atoms with Crippen LogP contribution in [0.4, 0.5) is 0 Å². The molecule has 0 aromatic carbocycles. The van der Waals surface area contributed by atoms with Crippen LogP contribution in [0.5, 0.6) is 0 Å². The molecule has 5 atom stereocenters. The van der Waals surface area contributed by atoms with Crippen molar-refractivity contribution in [3.63, 3.8) is 0 Å². The number of aliphatic hydroxyl groups excluding tert-OH is 1. The first kappa shape index (κ1) is 15.1. The van der Waals surface area contributed by atoms with Crippen LogP contribution >= 0.6 is 11.6 Å². The van der Waals surface area contributed by atoms with Gasteiger partial charge in [-0.15, -0.1) is 11.6 Å². The molecule has 0 aliphatic heterocycles. The third-order valence-electron chi connectivity index (χ3n) is 4.38. The zero-order chi connectivity index (χ0) is 14.2. The largest absolute Gasteiger partial charge is 0.460 e. The van der Waals surface area contributed by atoms with Crippen molar-refractivity contribution >= 4 is 17.6 Å². The van der Waals surface area contributed by atoms with Gasteiger partial charge >= 0.3 is 5.97 Å². The quantitative estimate of drug-likeness (QED) is 0.596. The van der Waals surface area contributed by atoms with Gasteiger partial charge in [0.05, 0.1) is 12.0 Å². The van der Waals surface area contributed by atoms with E-state index in [9.17, 15) is 9.90 Å². The molecule has 2 rings (SSSR count). The molecule has 0 aromatic rings. The summed E-state index contributed by atoms with van der Waals surface area (Å²) >= 11 is 6.45. The van der Waals surface area contributed by atoms with Crippen molar-refractivity contribution in [2.45, 2.75) is 70.0 Å². The van der Waals surface area contributed by atoms with Crippen LogP contribution in [0, 0.1) is 17.8 Å². The van der Waals surface area contributed by atoms with Gasteiger partial charge in [-0.3, -0.25) is 4.79 Å². The van der Waals surface area contributed by atoms with Gasteiger partial charge in [-0.1, -0.05) is 12.8 Å². The molecule has 19 heavy (non-hydrogen) atoms. The number of ether oxygens (including phenoxy) is 1. The molecule has 0 aromatic heterocycles. The Morgan fingerprint density at radius 1 is 1.21 bits per heavy atom. The zero-order valence-electron chi connectivity index (χ0n) is 12.1. The summed E-state index contributed by atoms with van der Waals surface area (Å²) in [5, 5.41) is 10.5. The van der Waals surface area contributed by atoms with E-state index in [-0.39, 0.29) is 17.3 Å². The fraction of sp³-hybridized carbons (Fsp3) is 0.933. The van der Waals surface area contributed by atoms with E-state index < -0.39 is 17.6 Å². The van der Waals surface area contributed by atoms with Crippen molar-refractivity contribution in [1.82, 2.24) is 0 Å². The second-order valence-electron chi connectivity index (χ2n) is 6.99. The lowest BCUT2D eigenvalue weighted by atomic mass is 9.65. The Balaban J connectivity index is 2.08. The first-order valence-electron chi connectivity index (χ1n) is 7.34. The topological polar surface area (TPSA) is 46.5 Å². The summed E-state index contributed by atoms with van der Waals surface area (Å²) in [6.07, 6.45) is 4.33. The van der Waals surface area contributed by atoms with Gasteiger partial charge in [-0.2, -0.15) is 0 Å². The van der Waals surface area contributed by atoms with Crippen molar-refractivity contribution in [3.8, 4) is 0 Å². The third kappa shape index (κ3) is 3.43. The molecule has 110 valence electrons. The van der Waals surface area contributed by atoms with Gasteiger partial charge in [0.1, 0.15) is 5.60 Å². The lowest BCUT2D eigenvalue weighted by molar-refractivity contribution is -0.169. The van der Waals surface area contributed by atoms with E-state index >= 15 is 0 Å². The molecule has 2 fully saturated rings. The molecule has 3 nitrogen and oxygen atoms in total. The van der Waals surface area contributed by atoms with E-state index in [1.165, 1.54) is 6.42 Å². The van der Waals surface area contributed by atoms with Crippen molar-refractivity contribution in [2.75, 3.05) is 0 Å². The van der Waals surface area contributed by atoms with Crippen molar-refractivity contribution < 1.29 is 14.6 Å². The van der Waals surface area contributed by atoms with Gasteiger partial charge in [0.15, 0.2) is 0 Å². The number of hydrogen-bond donors (Lipinski definition) is 1. The highest BCUT2D eigenvalue weighted by Gasteiger charge is 2.47. The Labute approximate surface area is 120 Å². The van der Waals surface area contributed by atoms with E-state index in [0.717, 1.165) is 19.3 Å². The molecule has 0 radical (unpaired) electrons. The summed E-state index contributed by atoms with van der Waals surface area (Å²) in [6.45, 7) is 5.55. The second kappa shape index (κ2) is 5.61. The van der Waals surface area contributed by atoms with E-state index in [2.05, 4.69) is 0 Å². The van der Waals surface area contributed by atoms with E-state index in [1.54, 1.807) is 0 Å². The van der Waals surface area contributed by atoms with Crippen LogP contribution in [0.1, 0.15) is 52.9 Å². The van der Waals surface area contributed by atoms with Gasteiger partial charge in [0, 0.05) is 5.38 Å². The summed E-state index contributed by atoms with van der Waals surface area (Å²) in [6, 6.07) is 0. The summed E-state index contributed by atoms with van der Waals surface area (Å²) in [5.74, 6) is -0.220. The van der Waals surface area contributed by atoms with Gasteiger partial charge in [-0.05, 0) is 51.9 Å². The Hall–Kier alpha value is -0.280. The maximum absolute atomic E-state index is 12.2. The Morgan fingerprint density at radius 3 is 2.37 bits per heavy atom. The highest BCUT2D eigenvalue weighted by molar-refractivity contribution is 6.21. The average molecular weight is 289 g/mol. The maximum atomic E-state index is 12.2. The number of fused-ring (bicyclic) bond motifs is 1. The minimum Gasteiger partial charge on any atom is -0.460 e. The van der Waals surface area contributed by atoms with E-state index in [0.29, 0.717) is 12.3 Å². The van der Waals surface area contributed by atoms with Crippen LogP contribution < -0.4 is 0 Å². The predicted octanol–water partition coefficient (Wildman–Crippen LogP) is 3.12. The van der Waals surface area contributed by atoms with Gasteiger partial charge in [-0.25, -0.2) is 0 Å². The average Bonchev–Trinajstić information content (AvgIpc) is 2.31. The Morgan fingerprint density at radius 2 is 1.79 bits per heavy atom. The molecule has 2 saturated carbocycles. The van der Waals surface area contributed by atoms with Crippen LogP contribution in [0.25, 0.3) is 0 Å². The number of esters is 1. The highest BCUT2D eigenvalue weighted by Crippen LogP contribution is 2.45. The third-order valence-corrected chi connectivity index (χ3v) is 4.88. The standard InChI is InChI=1S/C15H25ClO3/c1-15(2,3)19-14(18)11-8-12(16)9-6-4-5-7-10(9)13(11)17/h9-13,17H,4-8H2,1-3H3. The lowest BCUT2D eigenvalue weighted by Crippen LogP contribution is -2.49. The van der Waals surface area contributed by atoms with Crippen LogP contribution in [0.3, 0.4) is 0 Å². The minimum atomic E-state index is -0.588. The number of rotatable bonds is 1. The Kier molecular flexibility index (Phi) is 4.46. The maximum Gasteiger partial charge on any atom is 0.312 e. The van der Waals surface area contributed by atoms with Crippen molar-refractivity contribution in [2.24, 2.45) is 17.8 Å². The number of carbonyl (C=O) groups is 1. The lowest BCUT2D eigenvalue weighted by Gasteiger charge is -2.45. The number of carbonyl (C=O) groups excluding carboxylic acids is 1. The van der Waals surface area contributed by atoms with Crippen molar-refractivity contribution in [3.05, 3.63) is 0 Å². The fourth-order valence-electron chi connectivity index (χ4n) is 3.53. The molecule has 0 heterocycles. The molecule has 0 bridgehead atoms. The highest BCUT2D eigenvalue weighted by atomic mass is 35.5. The SMILES string of the molecule is CC(C)(C)OC(=O)C1CC(Cl)C2CCCCC2C1O. The van der Waals surface area contributed by atoms with Crippen LogP contribution in [0.15, 0.2) is 0 Å². The summed E-state index contributed by atoms with van der Waals surface area (Å²) in [4.78, 5) is 12.2. The van der Waals surface area contributed by atoms with Gasteiger partial charge in [0.2, 0.25) is 0 Å². The molecule has 1 N–H and O–H groups in total. The second-order valence-corrected chi connectivity index (χ2v) is 7.56. The molecule has 5 unspecified atom stereocenters. The molecular weight excluding hydrogens is 264 g/mol. The fourth-order valence-corrected chi connectivity index (χ4v) is 4.03. The molecular formula is C15H25ClO3. The predicted molar refractivity (Wildman–Crippen MR) is 75.0 cm³/mol. The zero-order valence-corrected chi connectivity index (χ0v) is 12.8. The number of aliphatic hydroxyl groups is 1. The molecule has 2 aliphatic rings. The number of halogens is 1. The van der Waals surface area contributed by atoms with Gasteiger partial charge < -0.3 is 9.84 Å². The van der Waals surface area contributed by atoms with Crippen LogP contribution in [-0.4, -0.2) is 28.2 Å². The summed E-state index contributed by atoms with van der Waals surface area (Å²) in [5.41, 5.74) is -0.512. The smallest absolute Gasteiger partial charge is 0.312 e. The van der Waals surface area contributed by atoms with E-state index in [1.807, 2.05) is 20.8 Å². The van der Waals surface area contributed by atoms with E-state index in [4.69, 9.17) is 16.3 Å². The van der Waals surface area contributed by atoms with Crippen molar-refractivity contribution in [1.29, 1.82) is 0 Å². The Bertz CT molecular complexity index is 337. The number of alkyl halides is 1. The molecule has 2 aliphatic carbocycles. The summed E-state index contributed by atoms with van der Waals surface area (Å²) in [7, 11) is 0. The normalized spacial score (nSPS) is 39.5. The molecule has 0 spiro atoms. The molecule has 0 saturated heterocycles. The van der Waals surface area contributed by atoms with Gasteiger partial charge in [0.25, 0.3) is 0 Å². The van der Waals surface area contributed by atoms with Crippen LogP contribution in [-0.2, 0) is 9.53 Å².